The average Bonchev–Trinajstić information content (AvgIpc) is 3.14. The molecule has 0 aliphatic rings. The lowest BCUT2D eigenvalue weighted by atomic mass is 10.1. The molecule has 0 atom stereocenters. The van der Waals surface area contributed by atoms with Gasteiger partial charge < -0.3 is 5.73 Å². The van der Waals surface area contributed by atoms with Crippen molar-refractivity contribution in [2.75, 3.05) is 5.73 Å². The quantitative estimate of drug-likeness (QED) is 0.444. The summed E-state index contributed by atoms with van der Waals surface area (Å²) in [5, 5.41) is 6.41. The first-order chi connectivity index (χ1) is 15.5. The van der Waals surface area contributed by atoms with E-state index in [9.17, 15) is 9.59 Å². The predicted molar refractivity (Wildman–Crippen MR) is 123 cm³/mol. The Morgan fingerprint density at radius 3 is 2.56 bits per heavy atom. The molecule has 158 valence electrons. The van der Waals surface area contributed by atoms with Crippen LogP contribution in [0.15, 0.2) is 65.7 Å². The SMILES string of the molecule is CC(=O)c1nn(Cc2cc3cccc(C)c3c(=O)n2-c2ccccc2)c2ncnc(N)c12. The fraction of sp³-hybridized carbons (Fsp3) is 0.125. The second-order valence-electron chi connectivity index (χ2n) is 7.67. The van der Waals surface area contributed by atoms with Crippen LogP contribution in [0.3, 0.4) is 0 Å². The summed E-state index contributed by atoms with van der Waals surface area (Å²) in [7, 11) is 0. The number of rotatable bonds is 4. The number of ketones is 1. The van der Waals surface area contributed by atoms with Gasteiger partial charge in [-0.1, -0.05) is 36.4 Å². The molecule has 8 heteroatoms. The van der Waals surface area contributed by atoms with E-state index in [1.54, 1.807) is 9.25 Å². The number of carbonyl (C=O) groups excluding carboxylic acids is 1. The largest absolute Gasteiger partial charge is 0.383 e. The molecule has 0 bridgehead atoms. The zero-order valence-electron chi connectivity index (χ0n) is 17.6. The van der Waals surface area contributed by atoms with Crippen LogP contribution >= 0.6 is 0 Å². The van der Waals surface area contributed by atoms with Crippen molar-refractivity contribution < 1.29 is 4.79 Å². The van der Waals surface area contributed by atoms with E-state index in [2.05, 4.69) is 15.1 Å². The normalized spacial score (nSPS) is 11.3. The molecule has 0 unspecified atom stereocenters. The summed E-state index contributed by atoms with van der Waals surface area (Å²) >= 11 is 0. The number of aryl methyl sites for hydroxylation is 1. The lowest BCUT2D eigenvalue weighted by molar-refractivity contribution is 0.101. The monoisotopic (exact) mass is 424 g/mol. The van der Waals surface area contributed by atoms with Crippen molar-refractivity contribution in [3.63, 3.8) is 0 Å². The van der Waals surface area contributed by atoms with Crippen LogP contribution in [0.25, 0.3) is 27.5 Å². The first kappa shape index (κ1) is 19.6. The van der Waals surface area contributed by atoms with Crippen molar-refractivity contribution in [3.05, 3.63) is 88.2 Å². The van der Waals surface area contributed by atoms with Crippen LogP contribution in [0.5, 0.6) is 0 Å². The van der Waals surface area contributed by atoms with Gasteiger partial charge in [-0.2, -0.15) is 5.10 Å². The Kier molecular flexibility index (Phi) is 4.55. The zero-order valence-corrected chi connectivity index (χ0v) is 17.6. The number of aromatic nitrogens is 5. The fourth-order valence-electron chi connectivity index (χ4n) is 4.11. The number of fused-ring (bicyclic) bond motifs is 2. The van der Waals surface area contributed by atoms with Gasteiger partial charge in [-0.3, -0.25) is 14.2 Å². The van der Waals surface area contributed by atoms with Gasteiger partial charge in [0.25, 0.3) is 5.56 Å². The second kappa shape index (κ2) is 7.42. The molecule has 0 aliphatic heterocycles. The number of Topliss-reactive ketones (excluding diaryl/α,β-unsaturated/α-hetero) is 1. The van der Waals surface area contributed by atoms with Crippen molar-refractivity contribution in [2.24, 2.45) is 0 Å². The van der Waals surface area contributed by atoms with Crippen LogP contribution < -0.4 is 11.3 Å². The Bertz CT molecular complexity index is 1570. The number of hydrogen-bond acceptors (Lipinski definition) is 6. The number of nitrogens with zero attached hydrogens (tertiary/aromatic N) is 5. The van der Waals surface area contributed by atoms with Crippen LogP contribution in [0.1, 0.15) is 28.7 Å². The maximum Gasteiger partial charge on any atom is 0.263 e. The standard InChI is InChI=1S/C24H20N6O2/c1-14-7-6-8-16-11-18(30(24(32)19(14)16)17-9-4-3-5-10-17)12-29-23-20(21(28-29)15(2)31)22(25)26-13-27-23/h3-11,13H,12H2,1-2H3,(H2,25,26,27). The molecular weight excluding hydrogens is 404 g/mol. The van der Waals surface area contributed by atoms with Gasteiger partial charge in [0, 0.05) is 18.3 Å². The van der Waals surface area contributed by atoms with E-state index in [0.717, 1.165) is 16.6 Å². The minimum atomic E-state index is -0.232. The van der Waals surface area contributed by atoms with E-state index in [-0.39, 0.29) is 29.4 Å². The summed E-state index contributed by atoms with van der Waals surface area (Å²) in [4.78, 5) is 34.1. The Morgan fingerprint density at radius 2 is 1.81 bits per heavy atom. The van der Waals surface area contributed by atoms with Crippen LogP contribution in [0.2, 0.25) is 0 Å². The number of benzene rings is 2. The maximum atomic E-state index is 13.6. The molecule has 0 fully saturated rings. The minimum absolute atomic E-state index is 0.112. The Labute approximate surface area is 183 Å². The highest BCUT2D eigenvalue weighted by Gasteiger charge is 2.20. The number of para-hydroxylation sites is 1. The third kappa shape index (κ3) is 3.04. The van der Waals surface area contributed by atoms with E-state index in [0.29, 0.717) is 22.1 Å². The molecule has 32 heavy (non-hydrogen) atoms. The summed E-state index contributed by atoms with van der Waals surface area (Å²) in [6.07, 6.45) is 1.34. The highest BCUT2D eigenvalue weighted by atomic mass is 16.1. The Hall–Kier alpha value is -4.33. The number of carbonyl (C=O) groups is 1. The highest BCUT2D eigenvalue weighted by Crippen LogP contribution is 2.24. The molecule has 0 spiro atoms. The van der Waals surface area contributed by atoms with E-state index in [1.165, 1.54) is 13.3 Å². The average molecular weight is 424 g/mol. The van der Waals surface area contributed by atoms with Gasteiger partial charge in [-0.25, -0.2) is 14.6 Å². The molecule has 0 amide bonds. The van der Waals surface area contributed by atoms with Gasteiger partial charge in [-0.15, -0.1) is 0 Å². The number of hydrogen-bond donors (Lipinski definition) is 1. The van der Waals surface area contributed by atoms with E-state index >= 15 is 0 Å². The summed E-state index contributed by atoms with van der Waals surface area (Å²) < 4.78 is 3.28. The fourth-order valence-corrected chi connectivity index (χ4v) is 4.11. The van der Waals surface area contributed by atoms with Crippen molar-refractivity contribution in [3.8, 4) is 5.69 Å². The van der Waals surface area contributed by atoms with Gasteiger partial charge in [0.1, 0.15) is 17.8 Å². The summed E-state index contributed by atoms with van der Waals surface area (Å²) in [6.45, 7) is 3.57. The number of pyridine rings is 1. The molecule has 5 aromatic rings. The lowest BCUT2D eigenvalue weighted by Gasteiger charge is -2.16. The number of anilines is 1. The topological polar surface area (TPSA) is 109 Å². The van der Waals surface area contributed by atoms with Crippen LogP contribution in [-0.2, 0) is 6.54 Å². The molecule has 0 aliphatic carbocycles. The van der Waals surface area contributed by atoms with E-state index in [4.69, 9.17) is 5.73 Å². The lowest BCUT2D eigenvalue weighted by Crippen LogP contribution is -2.24. The van der Waals surface area contributed by atoms with E-state index in [1.807, 2.05) is 61.5 Å². The van der Waals surface area contributed by atoms with Gasteiger partial charge in [0.2, 0.25) is 0 Å². The second-order valence-corrected chi connectivity index (χ2v) is 7.67. The van der Waals surface area contributed by atoms with E-state index < -0.39 is 0 Å². The summed E-state index contributed by atoms with van der Waals surface area (Å²) in [6, 6.07) is 17.2. The van der Waals surface area contributed by atoms with Crippen LogP contribution in [0.4, 0.5) is 5.82 Å². The third-order valence-corrected chi connectivity index (χ3v) is 5.55. The molecule has 3 aromatic heterocycles. The molecule has 5 rings (SSSR count). The molecule has 3 heterocycles. The van der Waals surface area contributed by atoms with Crippen molar-refractivity contribution >= 4 is 33.4 Å². The molecular formula is C24H20N6O2. The first-order valence-corrected chi connectivity index (χ1v) is 10.1. The maximum absolute atomic E-state index is 13.6. The molecule has 2 N–H and O–H groups in total. The first-order valence-electron chi connectivity index (χ1n) is 10.1. The summed E-state index contributed by atoms with van der Waals surface area (Å²) in [5.41, 5.74) is 8.93. The summed E-state index contributed by atoms with van der Waals surface area (Å²) in [5.74, 6) is -0.0362. The van der Waals surface area contributed by atoms with Crippen molar-refractivity contribution in [1.29, 1.82) is 0 Å². The molecule has 8 nitrogen and oxygen atoms in total. The van der Waals surface area contributed by atoms with Crippen LogP contribution in [0, 0.1) is 6.92 Å². The Balaban J connectivity index is 1.80. The van der Waals surface area contributed by atoms with Crippen LogP contribution in [-0.4, -0.2) is 30.1 Å². The van der Waals surface area contributed by atoms with Crippen molar-refractivity contribution in [1.82, 2.24) is 24.3 Å². The smallest absolute Gasteiger partial charge is 0.263 e. The highest BCUT2D eigenvalue weighted by molar-refractivity contribution is 6.07. The molecule has 0 saturated heterocycles. The molecule has 2 aromatic carbocycles. The predicted octanol–water partition coefficient (Wildman–Crippen LogP) is 3.27. The van der Waals surface area contributed by atoms with Gasteiger partial charge in [0.15, 0.2) is 11.4 Å². The minimum Gasteiger partial charge on any atom is -0.383 e. The van der Waals surface area contributed by atoms with Gasteiger partial charge in [-0.05, 0) is 36.1 Å². The van der Waals surface area contributed by atoms with Gasteiger partial charge >= 0.3 is 0 Å². The van der Waals surface area contributed by atoms with Crippen molar-refractivity contribution in [2.45, 2.75) is 20.4 Å². The zero-order chi connectivity index (χ0) is 22.4. The number of nitrogen functional groups attached to an aromatic ring is 1. The Morgan fingerprint density at radius 1 is 1.03 bits per heavy atom. The third-order valence-electron chi connectivity index (χ3n) is 5.55. The van der Waals surface area contributed by atoms with Gasteiger partial charge in [0.05, 0.1) is 17.3 Å². The number of nitrogens with two attached hydrogens (primary N) is 1. The molecule has 0 radical (unpaired) electrons. The molecule has 0 saturated carbocycles.